The molecule has 156 valence electrons. The second-order valence-corrected chi connectivity index (χ2v) is 8.94. The summed E-state index contributed by atoms with van der Waals surface area (Å²) in [4.78, 5) is 24.3. The summed E-state index contributed by atoms with van der Waals surface area (Å²) in [5, 5.41) is 12.3. The van der Waals surface area contributed by atoms with Crippen LogP contribution in [0.4, 0.5) is 4.79 Å². The van der Waals surface area contributed by atoms with Crippen molar-refractivity contribution < 1.29 is 19.4 Å². The van der Waals surface area contributed by atoms with Crippen LogP contribution in [0.15, 0.2) is 48.5 Å². The van der Waals surface area contributed by atoms with Crippen molar-refractivity contribution in [1.82, 2.24) is 5.32 Å². The van der Waals surface area contributed by atoms with Crippen molar-refractivity contribution >= 4 is 12.1 Å². The van der Waals surface area contributed by atoms with Crippen LogP contribution < -0.4 is 5.32 Å². The molecule has 1 amide bonds. The van der Waals surface area contributed by atoms with Crippen LogP contribution in [0.5, 0.6) is 0 Å². The number of carbonyl (C=O) groups is 2. The zero-order valence-electron chi connectivity index (χ0n) is 16.9. The highest BCUT2D eigenvalue weighted by Gasteiger charge is 2.43. The van der Waals surface area contributed by atoms with Crippen molar-refractivity contribution in [2.24, 2.45) is 17.8 Å². The van der Waals surface area contributed by atoms with Crippen LogP contribution in [0.1, 0.15) is 49.1 Å². The van der Waals surface area contributed by atoms with E-state index in [0.717, 1.165) is 11.1 Å². The van der Waals surface area contributed by atoms with E-state index >= 15 is 0 Å². The van der Waals surface area contributed by atoms with Crippen LogP contribution in [0.2, 0.25) is 0 Å². The molecule has 2 saturated carbocycles. The van der Waals surface area contributed by atoms with E-state index in [1.54, 1.807) is 0 Å². The van der Waals surface area contributed by atoms with Gasteiger partial charge in [-0.25, -0.2) is 9.59 Å². The quantitative estimate of drug-likeness (QED) is 0.661. The van der Waals surface area contributed by atoms with Gasteiger partial charge in [0, 0.05) is 5.92 Å². The summed E-state index contributed by atoms with van der Waals surface area (Å²) in [5.74, 6) is 0.694. The van der Waals surface area contributed by atoms with Crippen LogP contribution in [0.25, 0.3) is 11.1 Å². The van der Waals surface area contributed by atoms with Crippen molar-refractivity contribution in [2.75, 3.05) is 6.61 Å². The maximum atomic E-state index is 12.5. The molecule has 5 heteroatoms. The predicted molar refractivity (Wildman–Crippen MR) is 113 cm³/mol. The predicted octanol–water partition coefficient (Wildman–Crippen LogP) is 4.80. The average molecular weight is 405 g/mol. The number of hydrogen-bond acceptors (Lipinski definition) is 3. The molecule has 2 N–H and O–H groups in total. The molecule has 0 bridgehead atoms. The van der Waals surface area contributed by atoms with Gasteiger partial charge in [0.2, 0.25) is 0 Å². The molecule has 1 atom stereocenters. The fraction of sp³-hybridized carbons (Fsp3) is 0.440. The smallest absolute Gasteiger partial charge is 0.407 e. The Morgan fingerprint density at radius 3 is 1.97 bits per heavy atom. The number of ether oxygens (including phenoxy) is 1. The molecule has 3 aliphatic rings. The second-order valence-electron chi connectivity index (χ2n) is 8.94. The highest BCUT2D eigenvalue weighted by molar-refractivity contribution is 5.81. The van der Waals surface area contributed by atoms with Crippen LogP contribution >= 0.6 is 0 Å². The highest BCUT2D eigenvalue weighted by Crippen LogP contribution is 2.51. The third kappa shape index (κ3) is 3.81. The lowest BCUT2D eigenvalue weighted by atomic mass is 9.90. The van der Waals surface area contributed by atoms with Gasteiger partial charge in [0.1, 0.15) is 12.6 Å². The minimum absolute atomic E-state index is 0.0305. The first-order valence-corrected chi connectivity index (χ1v) is 11.0. The number of nitrogens with one attached hydrogen (secondary N) is 1. The average Bonchev–Trinajstić information content (AvgIpc) is 3.67. The van der Waals surface area contributed by atoms with Crippen molar-refractivity contribution in [1.29, 1.82) is 0 Å². The van der Waals surface area contributed by atoms with Gasteiger partial charge in [-0.3, -0.25) is 0 Å². The Hall–Kier alpha value is -2.82. The van der Waals surface area contributed by atoms with Gasteiger partial charge in [-0.15, -0.1) is 0 Å². The molecule has 30 heavy (non-hydrogen) atoms. The van der Waals surface area contributed by atoms with Crippen molar-refractivity contribution in [3.8, 4) is 11.1 Å². The lowest BCUT2D eigenvalue weighted by Crippen LogP contribution is -2.43. The minimum atomic E-state index is -0.977. The molecule has 0 saturated heterocycles. The van der Waals surface area contributed by atoms with Gasteiger partial charge in [0.25, 0.3) is 0 Å². The number of amides is 1. The first-order valence-electron chi connectivity index (χ1n) is 11.0. The van der Waals surface area contributed by atoms with Gasteiger partial charge in [-0.1, -0.05) is 48.5 Å². The van der Waals surface area contributed by atoms with Crippen LogP contribution in [0.3, 0.4) is 0 Å². The lowest BCUT2D eigenvalue weighted by molar-refractivity contribution is -0.139. The lowest BCUT2D eigenvalue weighted by Gasteiger charge is -2.22. The minimum Gasteiger partial charge on any atom is -0.480 e. The zero-order chi connectivity index (χ0) is 20.7. The fourth-order valence-corrected chi connectivity index (χ4v) is 5.09. The number of carboxylic acid groups (broad SMARTS) is 1. The van der Waals surface area contributed by atoms with E-state index < -0.39 is 18.1 Å². The summed E-state index contributed by atoms with van der Waals surface area (Å²) >= 11 is 0. The molecular weight excluding hydrogens is 378 g/mol. The third-order valence-corrected chi connectivity index (χ3v) is 6.90. The number of benzene rings is 2. The maximum absolute atomic E-state index is 12.5. The van der Waals surface area contributed by atoms with Crippen molar-refractivity contribution in [3.63, 3.8) is 0 Å². The zero-order valence-corrected chi connectivity index (χ0v) is 16.9. The largest absolute Gasteiger partial charge is 0.480 e. The van der Waals surface area contributed by atoms with E-state index in [1.165, 1.54) is 36.8 Å². The Balaban J connectivity index is 1.24. The molecule has 2 aromatic carbocycles. The van der Waals surface area contributed by atoms with Crippen molar-refractivity contribution in [2.45, 2.75) is 44.1 Å². The summed E-state index contributed by atoms with van der Waals surface area (Å²) in [6.45, 7) is 0.195. The Labute approximate surface area is 176 Å². The topological polar surface area (TPSA) is 75.6 Å². The van der Waals surface area contributed by atoms with E-state index in [9.17, 15) is 14.7 Å². The number of carboxylic acids is 1. The van der Waals surface area contributed by atoms with Crippen LogP contribution in [0, 0.1) is 17.8 Å². The molecule has 0 aromatic heterocycles. The number of alkyl carbamates (subject to hydrolysis) is 1. The Kier molecular flexibility index (Phi) is 4.97. The summed E-state index contributed by atoms with van der Waals surface area (Å²) in [6, 6.07) is 15.4. The van der Waals surface area contributed by atoms with Gasteiger partial charge in [0.05, 0.1) is 0 Å². The summed E-state index contributed by atoms with van der Waals surface area (Å²) < 4.78 is 5.54. The summed E-state index contributed by atoms with van der Waals surface area (Å²) in [5.41, 5.74) is 4.62. The molecule has 1 unspecified atom stereocenters. The monoisotopic (exact) mass is 405 g/mol. The molecule has 0 heterocycles. The fourth-order valence-electron chi connectivity index (χ4n) is 5.09. The van der Waals surface area contributed by atoms with Crippen LogP contribution in [-0.4, -0.2) is 29.8 Å². The molecule has 5 nitrogen and oxygen atoms in total. The summed E-state index contributed by atoms with van der Waals surface area (Å²) in [6.07, 6.45) is 4.64. The second kappa shape index (κ2) is 7.78. The van der Waals surface area contributed by atoms with Crippen LogP contribution in [-0.2, 0) is 9.53 Å². The summed E-state index contributed by atoms with van der Waals surface area (Å²) in [7, 11) is 0. The maximum Gasteiger partial charge on any atom is 0.407 e. The molecule has 0 radical (unpaired) electrons. The molecule has 3 aliphatic carbocycles. The molecule has 5 rings (SSSR count). The Morgan fingerprint density at radius 1 is 0.933 bits per heavy atom. The SMILES string of the molecule is O=C(NC(CC(C1CC1)C1CC1)C(=O)O)OCC1c2ccccc2-c2ccccc21. The number of hydrogen-bond donors (Lipinski definition) is 2. The highest BCUT2D eigenvalue weighted by atomic mass is 16.5. The van der Waals surface area contributed by atoms with E-state index in [1.807, 2.05) is 24.3 Å². The van der Waals surface area contributed by atoms with Gasteiger partial charge in [0.15, 0.2) is 0 Å². The van der Waals surface area contributed by atoms with Gasteiger partial charge < -0.3 is 15.2 Å². The first-order chi connectivity index (χ1) is 14.6. The number of carbonyl (C=O) groups excluding carboxylic acids is 1. The molecule has 0 spiro atoms. The van der Waals surface area contributed by atoms with E-state index in [4.69, 9.17) is 4.74 Å². The Morgan fingerprint density at radius 2 is 1.47 bits per heavy atom. The molecule has 2 aromatic rings. The Bertz CT molecular complexity index is 906. The van der Waals surface area contributed by atoms with Gasteiger partial charge in [-0.05, 0) is 72.1 Å². The molecular formula is C25H27NO4. The standard InChI is InChI=1S/C25H27NO4/c27-24(28)23(13-21(15-9-10-15)16-11-12-16)26-25(29)30-14-22-19-7-3-1-5-17(19)18-6-2-4-8-20(18)22/h1-8,15-16,21-23H,9-14H2,(H,26,29)(H,27,28). The first kappa shape index (κ1) is 19.2. The normalized spacial score (nSPS) is 18.6. The van der Waals surface area contributed by atoms with Gasteiger partial charge >= 0.3 is 12.1 Å². The van der Waals surface area contributed by atoms with E-state index in [0.29, 0.717) is 24.2 Å². The molecule has 2 fully saturated rings. The van der Waals surface area contributed by atoms with E-state index in [2.05, 4.69) is 29.6 Å². The molecule has 0 aliphatic heterocycles. The van der Waals surface area contributed by atoms with Crippen molar-refractivity contribution in [3.05, 3.63) is 59.7 Å². The van der Waals surface area contributed by atoms with E-state index in [-0.39, 0.29) is 12.5 Å². The number of rotatable bonds is 8. The number of fused-ring (bicyclic) bond motifs is 3. The van der Waals surface area contributed by atoms with Gasteiger partial charge in [-0.2, -0.15) is 0 Å². The third-order valence-electron chi connectivity index (χ3n) is 6.90. The number of aliphatic carboxylic acids is 1.